The largest absolute Gasteiger partial charge is 0.329 e. The number of hydrogen-bond donors (Lipinski definition) is 1. The summed E-state index contributed by atoms with van der Waals surface area (Å²) in [6, 6.07) is 3.29. The SMILES string of the molecule is CCC1CCCCCN1C(CN)c1cc(Br)c(Br)s1. The van der Waals surface area contributed by atoms with Crippen molar-refractivity contribution < 1.29 is 0 Å². The molecule has 0 radical (unpaired) electrons. The van der Waals surface area contributed by atoms with Crippen LogP contribution < -0.4 is 5.73 Å². The molecule has 1 fully saturated rings. The molecule has 0 amide bonds. The summed E-state index contributed by atoms with van der Waals surface area (Å²) >= 11 is 9.00. The Morgan fingerprint density at radius 2 is 2.21 bits per heavy atom. The summed E-state index contributed by atoms with van der Waals surface area (Å²) in [6.45, 7) is 4.19. The van der Waals surface area contributed by atoms with E-state index < -0.39 is 0 Å². The van der Waals surface area contributed by atoms with Gasteiger partial charge in [0, 0.05) is 21.9 Å². The van der Waals surface area contributed by atoms with Gasteiger partial charge in [0.1, 0.15) is 0 Å². The van der Waals surface area contributed by atoms with Gasteiger partial charge in [0.2, 0.25) is 0 Å². The number of rotatable bonds is 4. The van der Waals surface area contributed by atoms with Crippen LogP contribution in [0.1, 0.15) is 49.9 Å². The molecular weight excluding hydrogens is 388 g/mol. The van der Waals surface area contributed by atoms with E-state index in [-0.39, 0.29) is 0 Å². The van der Waals surface area contributed by atoms with Crippen molar-refractivity contribution in [3.63, 3.8) is 0 Å². The number of halogens is 2. The molecule has 0 bridgehead atoms. The molecule has 2 heterocycles. The molecule has 19 heavy (non-hydrogen) atoms. The molecule has 0 spiro atoms. The van der Waals surface area contributed by atoms with Gasteiger partial charge in [-0.1, -0.05) is 19.8 Å². The van der Waals surface area contributed by atoms with Gasteiger partial charge in [-0.05, 0) is 63.7 Å². The molecule has 0 aliphatic carbocycles. The Balaban J connectivity index is 2.23. The van der Waals surface area contributed by atoms with E-state index in [1.54, 1.807) is 0 Å². The minimum absolute atomic E-state index is 0.371. The van der Waals surface area contributed by atoms with Gasteiger partial charge in [-0.3, -0.25) is 4.90 Å². The molecule has 1 aromatic rings. The summed E-state index contributed by atoms with van der Waals surface area (Å²) in [6.07, 6.45) is 6.58. The van der Waals surface area contributed by atoms with E-state index >= 15 is 0 Å². The summed E-state index contributed by atoms with van der Waals surface area (Å²) in [5.74, 6) is 0. The lowest BCUT2D eigenvalue weighted by Crippen LogP contribution is -2.40. The summed E-state index contributed by atoms with van der Waals surface area (Å²) in [4.78, 5) is 4.03. The second-order valence-corrected chi connectivity index (χ2v) is 8.43. The highest BCUT2D eigenvalue weighted by Crippen LogP contribution is 2.38. The molecule has 1 aromatic heterocycles. The van der Waals surface area contributed by atoms with Crippen LogP contribution in [0.15, 0.2) is 14.3 Å². The van der Waals surface area contributed by atoms with E-state index in [0.717, 1.165) is 4.47 Å². The van der Waals surface area contributed by atoms with Crippen molar-refractivity contribution in [1.82, 2.24) is 4.90 Å². The summed E-state index contributed by atoms with van der Waals surface area (Å²) in [5, 5.41) is 0. The first-order valence-corrected chi connectivity index (χ1v) is 9.48. The van der Waals surface area contributed by atoms with Gasteiger partial charge in [-0.2, -0.15) is 0 Å². The Bertz CT molecular complexity index is 389. The van der Waals surface area contributed by atoms with Crippen LogP contribution in [0.5, 0.6) is 0 Å². The third-order valence-corrected chi connectivity index (χ3v) is 7.37. The van der Waals surface area contributed by atoms with Crippen molar-refractivity contribution in [2.24, 2.45) is 5.73 Å². The van der Waals surface area contributed by atoms with E-state index in [2.05, 4.69) is 49.7 Å². The third-order valence-electron chi connectivity index (χ3n) is 4.01. The van der Waals surface area contributed by atoms with Crippen LogP contribution >= 0.6 is 43.2 Å². The minimum Gasteiger partial charge on any atom is -0.329 e. The third kappa shape index (κ3) is 3.82. The van der Waals surface area contributed by atoms with Gasteiger partial charge in [0.15, 0.2) is 0 Å². The van der Waals surface area contributed by atoms with E-state index in [0.29, 0.717) is 18.6 Å². The zero-order valence-corrected chi connectivity index (χ0v) is 15.4. The number of thiophene rings is 1. The zero-order valence-electron chi connectivity index (χ0n) is 11.4. The van der Waals surface area contributed by atoms with Gasteiger partial charge in [0.25, 0.3) is 0 Å². The standard InChI is InChI=1S/C14H22Br2N2S/c1-2-10-6-4-3-5-7-18(10)12(9-17)13-8-11(15)14(16)19-13/h8,10,12H,2-7,9,17H2,1H3. The minimum atomic E-state index is 0.371. The van der Waals surface area contributed by atoms with Crippen LogP contribution in [0.2, 0.25) is 0 Å². The Kier molecular flexibility index (Phi) is 6.34. The van der Waals surface area contributed by atoms with E-state index in [9.17, 15) is 0 Å². The van der Waals surface area contributed by atoms with Crippen LogP contribution in [-0.2, 0) is 0 Å². The second-order valence-electron chi connectivity index (χ2n) is 5.17. The van der Waals surface area contributed by atoms with Crippen molar-refractivity contribution >= 4 is 43.2 Å². The molecule has 0 aromatic carbocycles. The van der Waals surface area contributed by atoms with Crippen LogP contribution in [0.25, 0.3) is 0 Å². The quantitative estimate of drug-likeness (QED) is 0.763. The maximum Gasteiger partial charge on any atom is 0.0843 e. The number of nitrogens with zero attached hydrogens (tertiary/aromatic N) is 1. The normalized spacial score (nSPS) is 23.3. The Morgan fingerprint density at radius 1 is 1.42 bits per heavy atom. The Morgan fingerprint density at radius 3 is 2.79 bits per heavy atom. The van der Waals surface area contributed by atoms with Crippen molar-refractivity contribution in [3.05, 3.63) is 19.2 Å². The second kappa shape index (κ2) is 7.55. The Hall–Kier alpha value is 0.580. The van der Waals surface area contributed by atoms with Crippen molar-refractivity contribution in [2.45, 2.75) is 51.1 Å². The first kappa shape index (κ1) is 16.0. The fraction of sp³-hybridized carbons (Fsp3) is 0.714. The smallest absolute Gasteiger partial charge is 0.0843 e. The van der Waals surface area contributed by atoms with Crippen LogP contribution in [0.3, 0.4) is 0 Å². The Labute approximate surface area is 137 Å². The average molecular weight is 410 g/mol. The summed E-state index contributed by atoms with van der Waals surface area (Å²) in [5.41, 5.74) is 6.10. The van der Waals surface area contributed by atoms with E-state index in [1.165, 1.54) is 47.3 Å². The van der Waals surface area contributed by atoms with Crippen molar-refractivity contribution in [2.75, 3.05) is 13.1 Å². The highest BCUT2D eigenvalue weighted by atomic mass is 79.9. The van der Waals surface area contributed by atoms with E-state index in [1.807, 2.05) is 11.3 Å². The van der Waals surface area contributed by atoms with Gasteiger partial charge in [-0.15, -0.1) is 11.3 Å². The highest BCUT2D eigenvalue weighted by molar-refractivity contribution is 9.13. The molecular formula is C14H22Br2N2S. The van der Waals surface area contributed by atoms with Gasteiger partial charge >= 0.3 is 0 Å². The maximum atomic E-state index is 6.10. The fourth-order valence-corrected chi connectivity index (χ4v) is 5.21. The lowest BCUT2D eigenvalue weighted by atomic mass is 10.0. The molecule has 2 nitrogen and oxygen atoms in total. The molecule has 108 valence electrons. The molecule has 0 saturated carbocycles. The molecule has 2 atom stereocenters. The molecule has 2 unspecified atom stereocenters. The molecule has 1 saturated heterocycles. The lowest BCUT2D eigenvalue weighted by molar-refractivity contribution is 0.138. The first-order valence-electron chi connectivity index (χ1n) is 7.07. The topological polar surface area (TPSA) is 29.3 Å². The van der Waals surface area contributed by atoms with Crippen molar-refractivity contribution in [3.8, 4) is 0 Å². The zero-order chi connectivity index (χ0) is 13.8. The molecule has 2 rings (SSSR count). The predicted molar refractivity (Wildman–Crippen MR) is 90.8 cm³/mol. The first-order chi connectivity index (χ1) is 9.17. The molecule has 5 heteroatoms. The van der Waals surface area contributed by atoms with Crippen LogP contribution in [0, 0.1) is 0 Å². The van der Waals surface area contributed by atoms with Gasteiger partial charge in [-0.25, -0.2) is 0 Å². The van der Waals surface area contributed by atoms with Crippen molar-refractivity contribution in [1.29, 1.82) is 0 Å². The molecule has 1 aliphatic heterocycles. The lowest BCUT2D eigenvalue weighted by Gasteiger charge is -2.35. The maximum absolute atomic E-state index is 6.10. The van der Waals surface area contributed by atoms with E-state index in [4.69, 9.17) is 5.73 Å². The predicted octanol–water partition coefficient (Wildman–Crippen LogP) is 4.93. The monoisotopic (exact) mass is 408 g/mol. The van der Waals surface area contributed by atoms with Gasteiger partial charge in [0.05, 0.1) is 9.83 Å². The number of hydrogen-bond acceptors (Lipinski definition) is 3. The van der Waals surface area contributed by atoms with Crippen LogP contribution in [-0.4, -0.2) is 24.0 Å². The molecule has 1 aliphatic rings. The highest BCUT2D eigenvalue weighted by Gasteiger charge is 2.28. The van der Waals surface area contributed by atoms with Crippen LogP contribution in [0.4, 0.5) is 0 Å². The molecule has 2 N–H and O–H groups in total. The fourth-order valence-electron chi connectivity index (χ4n) is 2.99. The summed E-state index contributed by atoms with van der Waals surface area (Å²) < 4.78 is 2.32. The average Bonchev–Trinajstić information content (AvgIpc) is 2.63. The number of nitrogens with two attached hydrogens (primary N) is 1. The summed E-state index contributed by atoms with van der Waals surface area (Å²) in [7, 11) is 0. The van der Waals surface area contributed by atoms with Gasteiger partial charge < -0.3 is 5.73 Å². The number of likely N-dealkylation sites (tertiary alicyclic amines) is 1.